The minimum Gasteiger partial charge on any atom is -0.504 e. The van der Waals surface area contributed by atoms with E-state index in [1.54, 1.807) is 6.07 Å². The molecule has 2 N–H and O–H groups in total. The van der Waals surface area contributed by atoms with Crippen molar-refractivity contribution in [3.05, 3.63) is 57.2 Å². The van der Waals surface area contributed by atoms with E-state index in [1.165, 1.54) is 6.07 Å². The maximum Gasteiger partial charge on any atom is 0.216 e. The maximum absolute atomic E-state index is 12.9. The molecule has 0 radical (unpaired) electrons. The number of halogens is 2. The van der Waals surface area contributed by atoms with Crippen molar-refractivity contribution in [1.82, 2.24) is 0 Å². The standard InChI is InChI=1S/C15H9BrFNO4S/c16-13-6-9(7-14(19)15(13)20)5-12(8-18)23(21,22)11-3-1-10(17)2-4-11/h1-7,19-20H. The summed E-state index contributed by atoms with van der Waals surface area (Å²) in [6.45, 7) is 0. The second kappa shape index (κ2) is 6.40. The summed E-state index contributed by atoms with van der Waals surface area (Å²) in [6.07, 6.45) is 1.04. The third kappa shape index (κ3) is 3.52. The number of allylic oxidation sites excluding steroid dienone is 1. The molecule has 0 unspecified atom stereocenters. The third-order valence-corrected chi connectivity index (χ3v) is 5.17. The fourth-order valence-corrected chi connectivity index (χ4v) is 3.38. The lowest BCUT2D eigenvalue weighted by Gasteiger charge is -2.05. The second-order valence-corrected chi connectivity index (χ2v) is 7.22. The van der Waals surface area contributed by atoms with Crippen LogP contribution in [0.3, 0.4) is 0 Å². The van der Waals surface area contributed by atoms with E-state index in [1.807, 2.05) is 0 Å². The van der Waals surface area contributed by atoms with Crippen LogP contribution in [0, 0.1) is 17.1 Å². The van der Waals surface area contributed by atoms with Crippen molar-refractivity contribution in [3.63, 3.8) is 0 Å². The average Bonchev–Trinajstić information content (AvgIpc) is 2.50. The first kappa shape index (κ1) is 17.0. The summed E-state index contributed by atoms with van der Waals surface area (Å²) in [6, 6.07) is 8.09. The molecule has 2 rings (SSSR count). The Hall–Kier alpha value is -2.37. The van der Waals surface area contributed by atoms with Gasteiger partial charge in [0.15, 0.2) is 11.5 Å². The molecule has 0 saturated heterocycles. The van der Waals surface area contributed by atoms with Gasteiger partial charge in [0.2, 0.25) is 9.84 Å². The second-order valence-electron chi connectivity index (χ2n) is 4.45. The Morgan fingerprint density at radius 3 is 2.35 bits per heavy atom. The Labute approximate surface area is 140 Å². The van der Waals surface area contributed by atoms with Crippen LogP contribution in [0.15, 0.2) is 50.7 Å². The van der Waals surface area contributed by atoms with Crippen LogP contribution in [-0.2, 0) is 9.84 Å². The zero-order chi connectivity index (χ0) is 17.2. The molecule has 0 atom stereocenters. The molecular weight excluding hydrogens is 389 g/mol. The van der Waals surface area contributed by atoms with E-state index in [9.17, 15) is 23.0 Å². The Kier molecular flexibility index (Phi) is 4.73. The van der Waals surface area contributed by atoms with Gasteiger partial charge in [-0.1, -0.05) is 0 Å². The van der Waals surface area contributed by atoms with Crippen LogP contribution < -0.4 is 0 Å². The number of hydrogen-bond donors (Lipinski definition) is 2. The summed E-state index contributed by atoms with van der Waals surface area (Å²) < 4.78 is 37.8. The van der Waals surface area contributed by atoms with Gasteiger partial charge in [-0.3, -0.25) is 0 Å². The van der Waals surface area contributed by atoms with Gasteiger partial charge in [-0.05, 0) is 64.0 Å². The molecule has 0 saturated carbocycles. The predicted molar refractivity (Wildman–Crippen MR) is 84.6 cm³/mol. The molecular formula is C15H9BrFNO4S. The highest BCUT2D eigenvalue weighted by molar-refractivity contribution is 9.10. The number of rotatable bonds is 3. The quantitative estimate of drug-likeness (QED) is 0.470. The van der Waals surface area contributed by atoms with Crippen molar-refractivity contribution in [1.29, 1.82) is 5.26 Å². The van der Waals surface area contributed by atoms with Gasteiger partial charge < -0.3 is 10.2 Å². The predicted octanol–water partition coefficient (Wildman–Crippen LogP) is 3.34. The Balaban J connectivity index is 2.55. The summed E-state index contributed by atoms with van der Waals surface area (Å²) in [5, 5.41) is 28.1. The monoisotopic (exact) mass is 397 g/mol. The van der Waals surface area contributed by atoms with Crippen molar-refractivity contribution in [2.24, 2.45) is 0 Å². The van der Waals surface area contributed by atoms with E-state index < -0.39 is 32.1 Å². The number of sulfone groups is 1. The minimum atomic E-state index is -4.13. The fraction of sp³-hybridized carbons (Fsp3) is 0. The largest absolute Gasteiger partial charge is 0.504 e. The maximum atomic E-state index is 12.9. The van der Waals surface area contributed by atoms with Gasteiger partial charge in [0, 0.05) is 0 Å². The van der Waals surface area contributed by atoms with Crippen molar-refractivity contribution < 1.29 is 23.0 Å². The highest BCUT2D eigenvalue weighted by Crippen LogP contribution is 2.35. The summed E-state index contributed by atoms with van der Waals surface area (Å²) >= 11 is 3.00. The van der Waals surface area contributed by atoms with E-state index in [0.29, 0.717) is 0 Å². The van der Waals surface area contributed by atoms with Crippen molar-refractivity contribution in [2.45, 2.75) is 4.90 Å². The van der Waals surface area contributed by atoms with Gasteiger partial charge in [0.05, 0.1) is 9.37 Å². The molecule has 0 bridgehead atoms. The van der Waals surface area contributed by atoms with Crippen LogP contribution in [0.1, 0.15) is 5.56 Å². The minimum absolute atomic E-state index is 0.139. The molecule has 0 aliphatic carbocycles. The van der Waals surface area contributed by atoms with Crippen LogP contribution in [0.25, 0.3) is 6.08 Å². The van der Waals surface area contributed by atoms with E-state index in [-0.39, 0.29) is 14.9 Å². The number of hydrogen-bond acceptors (Lipinski definition) is 5. The molecule has 8 heteroatoms. The van der Waals surface area contributed by atoms with Gasteiger partial charge >= 0.3 is 0 Å². The van der Waals surface area contributed by atoms with Crippen LogP contribution in [0.2, 0.25) is 0 Å². The normalized spacial score (nSPS) is 12.0. The van der Waals surface area contributed by atoms with E-state index in [0.717, 1.165) is 36.4 Å². The van der Waals surface area contributed by atoms with Crippen LogP contribution in [-0.4, -0.2) is 18.6 Å². The zero-order valence-electron chi connectivity index (χ0n) is 11.4. The van der Waals surface area contributed by atoms with E-state index in [4.69, 9.17) is 5.26 Å². The number of nitriles is 1. The molecule has 23 heavy (non-hydrogen) atoms. The molecule has 0 amide bonds. The smallest absolute Gasteiger partial charge is 0.216 e. The molecule has 2 aromatic carbocycles. The summed E-state index contributed by atoms with van der Waals surface area (Å²) in [7, 11) is -4.13. The lowest BCUT2D eigenvalue weighted by molar-refractivity contribution is 0.401. The molecule has 0 fully saturated rings. The lowest BCUT2D eigenvalue weighted by atomic mass is 10.2. The van der Waals surface area contributed by atoms with E-state index in [2.05, 4.69) is 15.9 Å². The van der Waals surface area contributed by atoms with Crippen molar-refractivity contribution >= 4 is 31.8 Å². The highest BCUT2D eigenvalue weighted by atomic mass is 79.9. The zero-order valence-corrected chi connectivity index (χ0v) is 13.8. The molecule has 0 aromatic heterocycles. The number of phenols is 2. The Morgan fingerprint density at radius 1 is 1.22 bits per heavy atom. The number of nitrogens with zero attached hydrogens (tertiary/aromatic N) is 1. The molecule has 5 nitrogen and oxygen atoms in total. The molecule has 0 aliphatic heterocycles. The van der Waals surface area contributed by atoms with Gasteiger partial charge in [-0.2, -0.15) is 5.26 Å². The van der Waals surface area contributed by atoms with Crippen LogP contribution in [0.4, 0.5) is 4.39 Å². The summed E-state index contributed by atoms with van der Waals surface area (Å²) in [5.74, 6) is -1.47. The fourth-order valence-electron chi connectivity index (χ4n) is 1.75. The van der Waals surface area contributed by atoms with Crippen LogP contribution in [0.5, 0.6) is 11.5 Å². The Morgan fingerprint density at radius 2 is 1.83 bits per heavy atom. The van der Waals surface area contributed by atoms with Crippen molar-refractivity contribution in [2.75, 3.05) is 0 Å². The van der Waals surface area contributed by atoms with Crippen LogP contribution >= 0.6 is 15.9 Å². The molecule has 118 valence electrons. The third-order valence-electron chi connectivity index (χ3n) is 2.89. The first-order valence-corrected chi connectivity index (χ1v) is 8.37. The van der Waals surface area contributed by atoms with Gasteiger partial charge in [0.1, 0.15) is 16.8 Å². The number of phenolic OH excluding ortho intramolecular Hbond substituents is 2. The summed E-state index contributed by atoms with van der Waals surface area (Å²) in [4.78, 5) is -0.810. The first-order valence-electron chi connectivity index (χ1n) is 6.09. The molecule has 0 heterocycles. The topological polar surface area (TPSA) is 98.4 Å². The Bertz CT molecular complexity index is 908. The van der Waals surface area contributed by atoms with Gasteiger partial charge in [-0.25, -0.2) is 12.8 Å². The molecule has 2 aromatic rings. The highest BCUT2D eigenvalue weighted by Gasteiger charge is 2.21. The lowest BCUT2D eigenvalue weighted by Crippen LogP contribution is -2.03. The molecule has 0 aliphatic rings. The average molecular weight is 398 g/mol. The summed E-state index contributed by atoms with van der Waals surface area (Å²) in [5.41, 5.74) is 0.189. The SMILES string of the molecule is N#CC(=Cc1cc(O)c(O)c(Br)c1)S(=O)(=O)c1ccc(F)cc1. The number of benzene rings is 2. The van der Waals surface area contributed by atoms with E-state index >= 15 is 0 Å². The van der Waals surface area contributed by atoms with Gasteiger partial charge in [0.25, 0.3) is 0 Å². The van der Waals surface area contributed by atoms with Gasteiger partial charge in [-0.15, -0.1) is 0 Å². The first-order chi connectivity index (χ1) is 10.8. The van der Waals surface area contributed by atoms with Crippen molar-refractivity contribution in [3.8, 4) is 17.6 Å². The number of aromatic hydroxyl groups is 2. The molecule has 0 spiro atoms.